The zero-order valence-electron chi connectivity index (χ0n) is 19.6. The van der Waals surface area contributed by atoms with Crippen LogP contribution in [0.1, 0.15) is 48.0 Å². The number of benzene rings is 1. The van der Waals surface area contributed by atoms with Crippen LogP contribution in [-0.4, -0.2) is 95.7 Å². The first kappa shape index (κ1) is 23.1. The van der Waals surface area contributed by atoms with Crippen LogP contribution in [0.2, 0.25) is 0 Å². The van der Waals surface area contributed by atoms with Gasteiger partial charge in [-0.1, -0.05) is 0 Å². The topological polar surface area (TPSA) is 95.2 Å². The highest BCUT2D eigenvalue weighted by Crippen LogP contribution is 2.21. The van der Waals surface area contributed by atoms with Crippen molar-refractivity contribution in [2.45, 2.75) is 32.8 Å². The number of nitrogens with one attached hydrogen (secondary N) is 1. The number of morpholine rings is 1. The molecule has 1 aromatic carbocycles. The normalized spacial score (nSPS) is 17.7. The number of hydrogen-bond acceptors (Lipinski definition) is 5. The molecule has 9 nitrogen and oxygen atoms in total. The third-order valence-corrected chi connectivity index (χ3v) is 5.83. The number of nitrogens with zero attached hydrogens (tertiary/aromatic N) is 3. The van der Waals surface area contributed by atoms with Crippen molar-refractivity contribution in [3.05, 3.63) is 35.5 Å². The first-order chi connectivity index (χ1) is 15.7. The minimum absolute atomic E-state index is 0.0582. The SMILES string of the molecule is CC(C)(C)OC(=O)N1CCCN(C(=O)c2ccc3[nH]c(C(=O)N4CCOCC4)cc3c2)CC1. The molecule has 2 aromatic rings. The molecule has 4 rings (SSSR count). The molecule has 0 spiro atoms. The van der Waals surface area contributed by atoms with Crippen LogP contribution < -0.4 is 0 Å². The van der Waals surface area contributed by atoms with Gasteiger partial charge in [0.1, 0.15) is 11.3 Å². The molecule has 2 fully saturated rings. The highest BCUT2D eigenvalue weighted by molar-refractivity contribution is 6.01. The van der Waals surface area contributed by atoms with E-state index in [0.29, 0.717) is 70.2 Å². The molecule has 0 atom stereocenters. The Kier molecular flexibility index (Phi) is 6.60. The summed E-state index contributed by atoms with van der Waals surface area (Å²) in [6.45, 7) is 9.79. The molecule has 0 radical (unpaired) electrons. The molecule has 1 aromatic heterocycles. The predicted molar refractivity (Wildman–Crippen MR) is 123 cm³/mol. The molecule has 0 aliphatic carbocycles. The van der Waals surface area contributed by atoms with E-state index in [4.69, 9.17) is 9.47 Å². The number of hydrogen-bond donors (Lipinski definition) is 1. The predicted octanol–water partition coefficient (Wildman–Crippen LogP) is 2.72. The molecule has 2 aliphatic heterocycles. The van der Waals surface area contributed by atoms with Gasteiger partial charge < -0.3 is 29.2 Å². The van der Waals surface area contributed by atoms with E-state index >= 15 is 0 Å². The maximum Gasteiger partial charge on any atom is 0.410 e. The number of aromatic amines is 1. The van der Waals surface area contributed by atoms with Crippen LogP contribution in [0.3, 0.4) is 0 Å². The Bertz CT molecular complexity index is 1040. The van der Waals surface area contributed by atoms with Crippen LogP contribution in [0.5, 0.6) is 0 Å². The monoisotopic (exact) mass is 456 g/mol. The molecule has 178 valence electrons. The van der Waals surface area contributed by atoms with Crippen molar-refractivity contribution >= 4 is 28.8 Å². The van der Waals surface area contributed by atoms with Gasteiger partial charge in [0.25, 0.3) is 11.8 Å². The second kappa shape index (κ2) is 9.43. The van der Waals surface area contributed by atoms with Gasteiger partial charge in [-0.25, -0.2) is 4.79 Å². The van der Waals surface area contributed by atoms with Crippen LogP contribution in [0.4, 0.5) is 4.79 Å². The van der Waals surface area contributed by atoms with Gasteiger partial charge in [0.15, 0.2) is 0 Å². The Morgan fingerprint density at radius 2 is 1.55 bits per heavy atom. The number of ether oxygens (including phenoxy) is 2. The fourth-order valence-corrected chi connectivity index (χ4v) is 4.13. The zero-order chi connectivity index (χ0) is 23.6. The minimum atomic E-state index is -0.549. The molecule has 2 aliphatic rings. The first-order valence-corrected chi connectivity index (χ1v) is 11.5. The number of carbonyl (C=O) groups is 3. The molecule has 2 saturated heterocycles. The second-order valence-electron chi connectivity index (χ2n) is 9.50. The minimum Gasteiger partial charge on any atom is -0.444 e. The Morgan fingerprint density at radius 3 is 2.27 bits per heavy atom. The van der Waals surface area contributed by atoms with Gasteiger partial charge in [0.05, 0.1) is 13.2 Å². The summed E-state index contributed by atoms with van der Waals surface area (Å²) in [5.74, 6) is -0.137. The average Bonchev–Trinajstić information content (AvgIpc) is 3.05. The first-order valence-electron chi connectivity index (χ1n) is 11.5. The highest BCUT2D eigenvalue weighted by Gasteiger charge is 2.27. The number of amides is 3. The van der Waals surface area contributed by atoms with Gasteiger partial charge in [-0.2, -0.15) is 0 Å². The zero-order valence-corrected chi connectivity index (χ0v) is 19.6. The smallest absolute Gasteiger partial charge is 0.410 e. The quantitative estimate of drug-likeness (QED) is 0.750. The Balaban J connectivity index is 1.43. The van der Waals surface area contributed by atoms with Crippen molar-refractivity contribution in [1.82, 2.24) is 19.7 Å². The van der Waals surface area contributed by atoms with Gasteiger partial charge in [-0.15, -0.1) is 0 Å². The van der Waals surface area contributed by atoms with Crippen LogP contribution >= 0.6 is 0 Å². The fraction of sp³-hybridized carbons (Fsp3) is 0.542. The van der Waals surface area contributed by atoms with Crippen molar-refractivity contribution in [1.29, 1.82) is 0 Å². The van der Waals surface area contributed by atoms with Crippen LogP contribution in [0, 0.1) is 0 Å². The second-order valence-corrected chi connectivity index (χ2v) is 9.50. The van der Waals surface area contributed by atoms with E-state index in [1.54, 1.807) is 26.8 Å². The van der Waals surface area contributed by atoms with Crippen LogP contribution in [-0.2, 0) is 9.47 Å². The van der Waals surface area contributed by atoms with Crippen molar-refractivity contribution in [2.24, 2.45) is 0 Å². The van der Waals surface area contributed by atoms with Crippen molar-refractivity contribution < 1.29 is 23.9 Å². The molecule has 1 N–H and O–H groups in total. The van der Waals surface area contributed by atoms with Crippen LogP contribution in [0.15, 0.2) is 24.3 Å². The number of fused-ring (bicyclic) bond motifs is 1. The maximum atomic E-state index is 13.2. The Labute approximate surface area is 193 Å². The molecular formula is C24H32N4O5. The summed E-state index contributed by atoms with van der Waals surface area (Å²) in [6, 6.07) is 7.24. The number of aromatic nitrogens is 1. The van der Waals surface area contributed by atoms with Gasteiger partial charge >= 0.3 is 6.09 Å². The van der Waals surface area contributed by atoms with E-state index < -0.39 is 5.60 Å². The van der Waals surface area contributed by atoms with E-state index in [1.165, 1.54) is 0 Å². The summed E-state index contributed by atoms with van der Waals surface area (Å²) in [6.07, 6.45) is 0.346. The molecular weight excluding hydrogens is 424 g/mol. The Morgan fingerprint density at radius 1 is 0.879 bits per heavy atom. The fourth-order valence-electron chi connectivity index (χ4n) is 4.13. The lowest BCUT2D eigenvalue weighted by Crippen LogP contribution is -2.40. The van der Waals surface area contributed by atoms with E-state index in [2.05, 4.69) is 4.98 Å². The highest BCUT2D eigenvalue weighted by atomic mass is 16.6. The summed E-state index contributed by atoms with van der Waals surface area (Å²) in [5, 5.41) is 0.822. The van der Waals surface area contributed by atoms with Gasteiger partial charge in [-0.05, 0) is 51.5 Å². The molecule has 33 heavy (non-hydrogen) atoms. The largest absolute Gasteiger partial charge is 0.444 e. The third-order valence-electron chi connectivity index (χ3n) is 5.83. The molecule has 0 bridgehead atoms. The molecule has 9 heteroatoms. The number of H-pyrrole nitrogens is 1. The van der Waals surface area contributed by atoms with Gasteiger partial charge in [0.2, 0.25) is 0 Å². The summed E-state index contributed by atoms with van der Waals surface area (Å²) >= 11 is 0. The summed E-state index contributed by atoms with van der Waals surface area (Å²) in [7, 11) is 0. The van der Waals surface area contributed by atoms with E-state index in [9.17, 15) is 14.4 Å². The van der Waals surface area contributed by atoms with E-state index in [-0.39, 0.29) is 17.9 Å². The lowest BCUT2D eigenvalue weighted by molar-refractivity contribution is 0.0255. The molecule has 0 unspecified atom stereocenters. The van der Waals surface area contributed by atoms with Gasteiger partial charge in [-0.3, -0.25) is 9.59 Å². The maximum absolute atomic E-state index is 13.2. The average molecular weight is 457 g/mol. The molecule has 3 amide bonds. The molecule has 0 saturated carbocycles. The van der Waals surface area contributed by atoms with E-state index in [0.717, 1.165) is 10.9 Å². The van der Waals surface area contributed by atoms with E-state index in [1.807, 2.05) is 32.9 Å². The van der Waals surface area contributed by atoms with Crippen molar-refractivity contribution in [3.8, 4) is 0 Å². The lowest BCUT2D eigenvalue weighted by atomic mass is 10.1. The summed E-state index contributed by atoms with van der Waals surface area (Å²) in [5.41, 5.74) is 1.35. The van der Waals surface area contributed by atoms with Crippen molar-refractivity contribution in [2.75, 3.05) is 52.5 Å². The Hall–Kier alpha value is -3.07. The number of rotatable bonds is 2. The van der Waals surface area contributed by atoms with Crippen LogP contribution in [0.25, 0.3) is 10.9 Å². The summed E-state index contributed by atoms with van der Waals surface area (Å²) in [4.78, 5) is 46.7. The number of carbonyl (C=O) groups excluding carboxylic acids is 3. The lowest BCUT2D eigenvalue weighted by Gasteiger charge is -2.26. The molecule has 3 heterocycles. The van der Waals surface area contributed by atoms with Crippen molar-refractivity contribution in [3.63, 3.8) is 0 Å². The standard InChI is InChI=1S/C24H32N4O5/c1-24(2,3)33-23(31)28-8-4-7-26(9-10-28)21(29)17-5-6-19-18(15-17)16-20(25-19)22(30)27-11-13-32-14-12-27/h5-6,15-16,25H,4,7-14H2,1-3H3. The third kappa shape index (κ3) is 5.47. The van der Waals surface area contributed by atoms with Gasteiger partial charge in [0, 0.05) is 55.7 Å². The summed E-state index contributed by atoms with van der Waals surface area (Å²) < 4.78 is 10.8.